The molecule has 1 aromatic carbocycles. The van der Waals surface area contributed by atoms with Crippen LogP contribution in [-0.4, -0.2) is 34.9 Å². The number of halogens is 4. The standard InChI is InChI=1S/C11H10ClF3N2O3S/c12-7-5-6(9(18)19)1-2-8(7)17-10(20)16-3-4-21-11(13,14)15/h1-2,5H,3-4H2,(H,18,19)(H2,16,17,20). The van der Waals surface area contributed by atoms with Crippen LogP contribution in [0.15, 0.2) is 18.2 Å². The number of aromatic carboxylic acids is 1. The Morgan fingerprint density at radius 2 is 2.00 bits per heavy atom. The van der Waals surface area contributed by atoms with Gasteiger partial charge >= 0.3 is 17.5 Å². The molecule has 0 bridgehead atoms. The molecule has 3 N–H and O–H groups in total. The van der Waals surface area contributed by atoms with Crippen LogP contribution in [0.25, 0.3) is 0 Å². The number of hydrogen-bond acceptors (Lipinski definition) is 3. The molecular weight excluding hydrogens is 333 g/mol. The smallest absolute Gasteiger partial charge is 0.441 e. The number of carboxylic acids is 1. The van der Waals surface area contributed by atoms with E-state index in [9.17, 15) is 22.8 Å². The highest BCUT2D eigenvalue weighted by molar-refractivity contribution is 8.00. The number of hydrogen-bond donors (Lipinski definition) is 3. The van der Waals surface area contributed by atoms with Crippen LogP contribution in [-0.2, 0) is 0 Å². The lowest BCUT2D eigenvalue weighted by Crippen LogP contribution is -2.31. The molecule has 0 aliphatic carbocycles. The summed E-state index contributed by atoms with van der Waals surface area (Å²) in [5.74, 6) is -1.49. The van der Waals surface area contributed by atoms with Crippen molar-refractivity contribution in [1.82, 2.24) is 5.32 Å². The highest BCUT2D eigenvalue weighted by Gasteiger charge is 2.27. The molecule has 116 valence electrons. The molecule has 0 aliphatic heterocycles. The van der Waals surface area contributed by atoms with Crippen LogP contribution in [0, 0.1) is 0 Å². The third-order valence-electron chi connectivity index (χ3n) is 2.12. The summed E-state index contributed by atoms with van der Waals surface area (Å²) >= 11 is 5.54. The topological polar surface area (TPSA) is 78.4 Å². The lowest BCUT2D eigenvalue weighted by molar-refractivity contribution is -0.0327. The van der Waals surface area contributed by atoms with E-state index in [1.165, 1.54) is 12.1 Å². The SMILES string of the molecule is O=C(NCCSC(F)(F)F)Nc1ccc(C(=O)O)cc1Cl. The summed E-state index contributed by atoms with van der Waals surface area (Å²) in [6.07, 6.45) is 0. The summed E-state index contributed by atoms with van der Waals surface area (Å²) in [4.78, 5) is 22.1. The second kappa shape index (κ2) is 7.41. The molecule has 0 radical (unpaired) electrons. The Morgan fingerprint density at radius 1 is 1.33 bits per heavy atom. The summed E-state index contributed by atoms with van der Waals surface area (Å²) in [7, 11) is 0. The van der Waals surface area contributed by atoms with Gasteiger partial charge in [0.1, 0.15) is 0 Å². The fourth-order valence-electron chi connectivity index (χ4n) is 1.25. The van der Waals surface area contributed by atoms with Crippen molar-refractivity contribution < 1.29 is 27.9 Å². The van der Waals surface area contributed by atoms with Crippen molar-refractivity contribution in [3.8, 4) is 0 Å². The van der Waals surface area contributed by atoms with Crippen LogP contribution in [0.1, 0.15) is 10.4 Å². The molecule has 0 spiro atoms. The first kappa shape index (κ1) is 17.4. The monoisotopic (exact) mass is 342 g/mol. The third kappa shape index (κ3) is 6.58. The minimum absolute atomic E-state index is 0.00900. The molecule has 5 nitrogen and oxygen atoms in total. The number of carboxylic acid groups (broad SMARTS) is 1. The molecule has 10 heteroatoms. The number of rotatable bonds is 5. The normalized spacial score (nSPS) is 11.0. The van der Waals surface area contributed by atoms with E-state index in [4.69, 9.17) is 16.7 Å². The molecule has 0 saturated carbocycles. The van der Waals surface area contributed by atoms with Crippen molar-refractivity contribution in [3.05, 3.63) is 28.8 Å². The fraction of sp³-hybridized carbons (Fsp3) is 0.273. The zero-order valence-electron chi connectivity index (χ0n) is 10.3. The Hall–Kier alpha value is -1.61. The van der Waals surface area contributed by atoms with Gasteiger partial charge in [0.2, 0.25) is 0 Å². The minimum Gasteiger partial charge on any atom is -0.478 e. The van der Waals surface area contributed by atoms with Crippen LogP contribution in [0.4, 0.5) is 23.7 Å². The number of benzene rings is 1. The molecule has 0 aliphatic rings. The Morgan fingerprint density at radius 3 is 2.52 bits per heavy atom. The second-order valence-corrected chi connectivity index (χ2v) is 5.24. The Bertz CT molecular complexity index is 540. The molecule has 0 heterocycles. The van der Waals surface area contributed by atoms with E-state index in [0.717, 1.165) is 6.07 Å². The number of urea groups is 1. The van der Waals surface area contributed by atoms with Gasteiger partial charge in [0, 0.05) is 12.3 Å². The summed E-state index contributed by atoms with van der Waals surface area (Å²) in [6, 6.07) is 2.95. The molecule has 0 unspecified atom stereocenters. The lowest BCUT2D eigenvalue weighted by atomic mass is 10.2. The van der Waals surface area contributed by atoms with Gasteiger partial charge in [0.25, 0.3) is 0 Å². The van der Waals surface area contributed by atoms with Crippen LogP contribution in [0.3, 0.4) is 0 Å². The molecule has 21 heavy (non-hydrogen) atoms. The maximum atomic E-state index is 11.9. The van der Waals surface area contributed by atoms with Crippen molar-refractivity contribution in [3.63, 3.8) is 0 Å². The molecule has 0 atom stereocenters. The van der Waals surface area contributed by atoms with E-state index in [0.29, 0.717) is 0 Å². The predicted octanol–water partition coefficient (Wildman–Crippen LogP) is 3.41. The van der Waals surface area contributed by atoms with Gasteiger partial charge in [-0.05, 0) is 30.0 Å². The Balaban J connectivity index is 2.46. The zero-order chi connectivity index (χ0) is 16.0. The minimum atomic E-state index is -4.34. The number of nitrogens with one attached hydrogen (secondary N) is 2. The van der Waals surface area contributed by atoms with Crippen molar-refractivity contribution in [2.75, 3.05) is 17.6 Å². The van der Waals surface area contributed by atoms with Crippen molar-refractivity contribution in [2.45, 2.75) is 5.51 Å². The highest BCUT2D eigenvalue weighted by atomic mass is 35.5. The molecule has 0 fully saturated rings. The number of carbonyl (C=O) groups excluding carboxylic acids is 1. The first-order valence-corrected chi connectivity index (χ1v) is 6.84. The number of anilines is 1. The van der Waals surface area contributed by atoms with E-state index >= 15 is 0 Å². The third-order valence-corrected chi connectivity index (χ3v) is 3.17. The van der Waals surface area contributed by atoms with Gasteiger partial charge in [0.15, 0.2) is 0 Å². The average molecular weight is 343 g/mol. The predicted molar refractivity (Wildman–Crippen MR) is 73.9 cm³/mol. The highest BCUT2D eigenvalue weighted by Crippen LogP contribution is 2.29. The zero-order valence-corrected chi connectivity index (χ0v) is 11.9. The summed E-state index contributed by atoms with van der Waals surface area (Å²) < 4.78 is 35.6. The molecule has 1 aromatic rings. The molecular formula is C11H10ClF3N2O3S. The fourth-order valence-corrected chi connectivity index (χ4v) is 1.91. The van der Waals surface area contributed by atoms with Crippen LogP contribution in [0.2, 0.25) is 5.02 Å². The first-order valence-electron chi connectivity index (χ1n) is 5.47. The average Bonchev–Trinajstić information content (AvgIpc) is 2.36. The molecule has 0 aromatic heterocycles. The van der Waals surface area contributed by atoms with E-state index in [-0.39, 0.29) is 40.3 Å². The number of carbonyl (C=O) groups is 2. The molecule has 0 saturated heterocycles. The summed E-state index contributed by atoms with van der Waals surface area (Å²) in [5, 5.41) is 13.3. The summed E-state index contributed by atoms with van der Waals surface area (Å²) in [6.45, 7) is -0.180. The second-order valence-electron chi connectivity index (χ2n) is 3.67. The van der Waals surface area contributed by atoms with Gasteiger partial charge in [-0.1, -0.05) is 11.6 Å². The van der Waals surface area contributed by atoms with Gasteiger partial charge < -0.3 is 15.7 Å². The number of thioether (sulfide) groups is 1. The van der Waals surface area contributed by atoms with Gasteiger partial charge in [-0.2, -0.15) is 13.2 Å². The number of amides is 2. The summed E-state index contributed by atoms with van der Waals surface area (Å²) in [5.41, 5.74) is -4.23. The van der Waals surface area contributed by atoms with Gasteiger partial charge in [-0.25, -0.2) is 9.59 Å². The van der Waals surface area contributed by atoms with Crippen LogP contribution < -0.4 is 10.6 Å². The van der Waals surface area contributed by atoms with E-state index in [1.54, 1.807) is 0 Å². The van der Waals surface area contributed by atoms with Crippen LogP contribution >= 0.6 is 23.4 Å². The van der Waals surface area contributed by atoms with Gasteiger partial charge in [0.05, 0.1) is 16.3 Å². The van der Waals surface area contributed by atoms with Crippen molar-refractivity contribution in [1.29, 1.82) is 0 Å². The Labute approximate surface area is 126 Å². The first-order chi connectivity index (χ1) is 9.69. The van der Waals surface area contributed by atoms with Gasteiger partial charge in [-0.15, -0.1) is 0 Å². The van der Waals surface area contributed by atoms with E-state index in [2.05, 4.69) is 10.6 Å². The maximum absolute atomic E-state index is 11.9. The van der Waals surface area contributed by atoms with Crippen molar-refractivity contribution in [2.24, 2.45) is 0 Å². The number of alkyl halides is 3. The molecule has 2 amide bonds. The largest absolute Gasteiger partial charge is 0.478 e. The van der Waals surface area contributed by atoms with E-state index < -0.39 is 17.5 Å². The van der Waals surface area contributed by atoms with Gasteiger partial charge in [-0.3, -0.25) is 0 Å². The van der Waals surface area contributed by atoms with Crippen LogP contribution in [0.5, 0.6) is 0 Å². The molecule has 1 rings (SSSR count). The van der Waals surface area contributed by atoms with E-state index in [1.807, 2.05) is 0 Å². The maximum Gasteiger partial charge on any atom is 0.441 e. The Kier molecular flexibility index (Phi) is 6.16. The lowest BCUT2D eigenvalue weighted by Gasteiger charge is -2.10. The quantitative estimate of drug-likeness (QED) is 0.716. The van der Waals surface area contributed by atoms with Crippen molar-refractivity contribution >= 4 is 41.1 Å².